The lowest BCUT2D eigenvalue weighted by Gasteiger charge is -2.45. The van der Waals surface area contributed by atoms with Crippen LogP contribution in [0.1, 0.15) is 6.92 Å². The minimum atomic E-state index is -3.25. The van der Waals surface area contributed by atoms with Crippen molar-refractivity contribution in [3.8, 4) is 0 Å². The number of nitrogens with zero attached hydrogens (tertiary/aromatic N) is 3. The third-order valence-electron chi connectivity index (χ3n) is 5.68. The number of fused-ring (bicyclic) bond motifs is 1. The predicted octanol–water partition coefficient (Wildman–Crippen LogP) is 0.367. The summed E-state index contributed by atoms with van der Waals surface area (Å²) >= 11 is 0. The van der Waals surface area contributed by atoms with Gasteiger partial charge in [-0.3, -0.25) is 9.69 Å². The minimum absolute atomic E-state index is 0.0381. The summed E-state index contributed by atoms with van der Waals surface area (Å²) in [5.41, 5.74) is 0.774. The standard InChI is InChI=1S/C18H23FN4O5S/c1-11(24)20-6-14-9-22(18(25)28-14)13-3-4-16(15(19)5-13)23-8-12-7-21(10-17(12)23)29(2,26)27/h3-5,12,14,17H,6-10H2,1-2H3,(H,20,24). The van der Waals surface area contributed by atoms with Crippen molar-refractivity contribution in [3.63, 3.8) is 0 Å². The Kier molecular flexibility index (Phi) is 4.89. The molecule has 1 aromatic carbocycles. The van der Waals surface area contributed by atoms with Crippen molar-refractivity contribution in [3.05, 3.63) is 24.0 Å². The summed E-state index contributed by atoms with van der Waals surface area (Å²) in [6, 6.07) is 4.51. The van der Waals surface area contributed by atoms with Crippen LogP contribution in [-0.4, -0.2) is 75.8 Å². The molecule has 3 unspecified atom stereocenters. The lowest BCUT2D eigenvalue weighted by atomic mass is 9.91. The van der Waals surface area contributed by atoms with E-state index in [-0.39, 0.29) is 31.0 Å². The third kappa shape index (κ3) is 3.76. The number of carbonyl (C=O) groups excluding carboxylic acids is 2. The lowest BCUT2D eigenvalue weighted by molar-refractivity contribution is -0.119. The number of benzene rings is 1. The molecule has 0 radical (unpaired) electrons. The first-order chi connectivity index (χ1) is 13.6. The van der Waals surface area contributed by atoms with Crippen molar-refractivity contribution in [1.29, 1.82) is 0 Å². The van der Waals surface area contributed by atoms with Gasteiger partial charge in [-0.05, 0) is 18.2 Å². The highest BCUT2D eigenvalue weighted by Crippen LogP contribution is 2.39. The Bertz CT molecular complexity index is 956. The highest BCUT2D eigenvalue weighted by Gasteiger charge is 2.48. The molecule has 1 N–H and O–H groups in total. The smallest absolute Gasteiger partial charge is 0.414 e. The zero-order valence-electron chi connectivity index (χ0n) is 16.2. The summed E-state index contributed by atoms with van der Waals surface area (Å²) < 4.78 is 45.0. The number of sulfonamides is 1. The fourth-order valence-corrected chi connectivity index (χ4v) is 5.02. The number of cyclic esters (lactones) is 1. The first-order valence-corrected chi connectivity index (χ1v) is 11.2. The summed E-state index contributed by atoms with van der Waals surface area (Å²) in [6.45, 7) is 3.21. The molecule has 29 heavy (non-hydrogen) atoms. The molecule has 11 heteroatoms. The summed E-state index contributed by atoms with van der Waals surface area (Å²) in [7, 11) is -3.25. The molecule has 3 fully saturated rings. The zero-order chi connectivity index (χ0) is 20.9. The van der Waals surface area contributed by atoms with Crippen molar-refractivity contribution in [2.24, 2.45) is 5.92 Å². The number of nitrogens with one attached hydrogen (secondary N) is 1. The number of hydrogen-bond donors (Lipinski definition) is 1. The summed E-state index contributed by atoms with van der Waals surface area (Å²) in [5.74, 6) is -0.493. The van der Waals surface area contributed by atoms with E-state index >= 15 is 0 Å². The minimum Gasteiger partial charge on any atom is -0.442 e. The van der Waals surface area contributed by atoms with Gasteiger partial charge in [0, 0.05) is 38.5 Å². The average molecular weight is 426 g/mol. The van der Waals surface area contributed by atoms with E-state index in [9.17, 15) is 22.4 Å². The number of carbonyl (C=O) groups is 2. The zero-order valence-corrected chi connectivity index (χ0v) is 17.0. The second-order valence-electron chi connectivity index (χ2n) is 7.75. The highest BCUT2D eigenvalue weighted by atomic mass is 32.2. The molecule has 158 valence electrons. The SMILES string of the molecule is CC(=O)NCC1CN(c2ccc(N3CC4CN(S(C)(=O)=O)CC43)c(F)c2)C(=O)O1. The second-order valence-corrected chi connectivity index (χ2v) is 9.73. The number of amides is 2. The molecule has 0 aliphatic carbocycles. The van der Waals surface area contributed by atoms with Crippen LogP contribution in [0, 0.1) is 11.7 Å². The molecule has 3 aliphatic heterocycles. The molecule has 3 atom stereocenters. The fraction of sp³-hybridized carbons (Fsp3) is 0.556. The largest absolute Gasteiger partial charge is 0.442 e. The van der Waals surface area contributed by atoms with E-state index < -0.39 is 28.0 Å². The molecule has 0 spiro atoms. The van der Waals surface area contributed by atoms with E-state index in [1.54, 1.807) is 12.1 Å². The topological polar surface area (TPSA) is 99.3 Å². The predicted molar refractivity (Wildman–Crippen MR) is 104 cm³/mol. The molecule has 1 aromatic rings. The first-order valence-electron chi connectivity index (χ1n) is 9.37. The van der Waals surface area contributed by atoms with Gasteiger partial charge in [0.1, 0.15) is 11.9 Å². The molecule has 3 heterocycles. The Morgan fingerprint density at radius 2 is 2.03 bits per heavy atom. The highest BCUT2D eigenvalue weighted by molar-refractivity contribution is 7.88. The van der Waals surface area contributed by atoms with Crippen molar-refractivity contribution in [2.45, 2.75) is 19.1 Å². The van der Waals surface area contributed by atoms with Crippen LogP contribution in [0.15, 0.2) is 18.2 Å². The number of hydrogen-bond acceptors (Lipinski definition) is 6. The lowest BCUT2D eigenvalue weighted by Crippen LogP contribution is -2.56. The second kappa shape index (κ2) is 7.13. The van der Waals surface area contributed by atoms with Crippen molar-refractivity contribution in [2.75, 3.05) is 48.8 Å². The molecule has 0 saturated carbocycles. The van der Waals surface area contributed by atoms with Gasteiger partial charge in [-0.15, -0.1) is 0 Å². The average Bonchev–Trinajstić information content (AvgIpc) is 3.15. The monoisotopic (exact) mass is 426 g/mol. The van der Waals surface area contributed by atoms with E-state index in [4.69, 9.17) is 4.74 Å². The van der Waals surface area contributed by atoms with Gasteiger partial charge in [-0.25, -0.2) is 17.6 Å². The maximum Gasteiger partial charge on any atom is 0.414 e. The fourth-order valence-electron chi connectivity index (χ4n) is 4.14. The molecule has 3 saturated heterocycles. The van der Waals surface area contributed by atoms with Crippen LogP contribution in [0.4, 0.5) is 20.6 Å². The molecule has 9 nitrogen and oxygen atoms in total. The summed E-state index contributed by atoms with van der Waals surface area (Å²) in [4.78, 5) is 26.3. The van der Waals surface area contributed by atoms with E-state index in [0.717, 1.165) is 0 Å². The number of ether oxygens (including phenoxy) is 1. The molecule has 0 aromatic heterocycles. The molecular formula is C18H23FN4O5S. The molecule has 2 amide bonds. The number of anilines is 2. The Balaban J connectivity index is 1.44. The molecule has 3 aliphatic rings. The van der Waals surface area contributed by atoms with Gasteiger partial charge < -0.3 is 15.0 Å². The van der Waals surface area contributed by atoms with Gasteiger partial charge in [0.15, 0.2) is 0 Å². The van der Waals surface area contributed by atoms with Crippen LogP contribution in [0.2, 0.25) is 0 Å². The maximum atomic E-state index is 14.8. The van der Waals surface area contributed by atoms with Gasteiger partial charge in [0.05, 0.1) is 30.7 Å². The Labute approximate surface area is 168 Å². The van der Waals surface area contributed by atoms with E-state index in [1.165, 1.54) is 28.5 Å². The normalized spacial score (nSPS) is 26.9. The Morgan fingerprint density at radius 1 is 1.28 bits per heavy atom. The first kappa shape index (κ1) is 19.9. The van der Waals surface area contributed by atoms with Gasteiger partial charge in [-0.2, -0.15) is 4.31 Å². The van der Waals surface area contributed by atoms with Crippen LogP contribution >= 0.6 is 0 Å². The Morgan fingerprint density at radius 3 is 2.69 bits per heavy atom. The molecule has 0 bridgehead atoms. The van der Waals surface area contributed by atoms with E-state index in [1.807, 2.05) is 4.90 Å². The van der Waals surface area contributed by atoms with Crippen LogP contribution in [0.25, 0.3) is 0 Å². The third-order valence-corrected chi connectivity index (χ3v) is 6.91. The van der Waals surface area contributed by atoms with Gasteiger partial charge in [0.2, 0.25) is 15.9 Å². The summed E-state index contributed by atoms with van der Waals surface area (Å²) in [5, 5.41) is 2.60. The maximum absolute atomic E-state index is 14.8. The Hall–Kier alpha value is -2.40. The number of halogens is 1. The van der Waals surface area contributed by atoms with Crippen molar-refractivity contribution >= 4 is 33.4 Å². The number of rotatable bonds is 5. The van der Waals surface area contributed by atoms with Gasteiger partial charge in [0.25, 0.3) is 0 Å². The van der Waals surface area contributed by atoms with Crippen molar-refractivity contribution < 1.29 is 27.1 Å². The molecule has 4 rings (SSSR count). The van der Waals surface area contributed by atoms with Crippen LogP contribution in [-0.2, 0) is 19.6 Å². The molecular weight excluding hydrogens is 403 g/mol. The van der Waals surface area contributed by atoms with Crippen LogP contribution in [0.3, 0.4) is 0 Å². The summed E-state index contributed by atoms with van der Waals surface area (Å²) in [6.07, 6.45) is 0.105. The van der Waals surface area contributed by atoms with E-state index in [2.05, 4.69) is 5.32 Å². The van der Waals surface area contributed by atoms with E-state index in [0.29, 0.717) is 31.0 Å². The quantitative estimate of drug-likeness (QED) is 0.730. The van der Waals surface area contributed by atoms with Crippen LogP contribution in [0.5, 0.6) is 0 Å². The van der Waals surface area contributed by atoms with Gasteiger partial charge >= 0.3 is 6.09 Å². The van der Waals surface area contributed by atoms with Crippen molar-refractivity contribution in [1.82, 2.24) is 9.62 Å². The van der Waals surface area contributed by atoms with Crippen LogP contribution < -0.4 is 15.1 Å². The van der Waals surface area contributed by atoms with Gasteiger partial charge in [-0.1, -0.05) is 0 Å².